The fraction of sp³-hybridized carbons (Fsp3) is 0.538. The summed E-state index contributed by atoms with van der Waals surface area (Å²) in [6.07, 6.45) is -0.113. The lowest BCUT2D eigenvalue weighted by atomic mass is 10.0. The number of hydrogen-bond acceptors (Lipinski definition) is 5. The second-order valence-corrected chi connectivity index (χ2v) is 4.75. The number of aliphatic hydroxyl groups excluding tert-OH is 2. The van der Waals surface area contributed by atoms with Crippen molar-refractivity contribution in [3.8, 4) is 0 Å². The van der Waals surface area contributed by atoms with Crippen molar-refractivity contribution in [2.24, 2.45) is 0 Å². The zero-order chi connectivity index (χ0) is 13.8. The Morgan fingerprint density at radius 1 is 1.47 bits per heavy atom. The summed E-state index contributed by atoms with van der Waals surface area (Å²) in [5.74, 6) is -0.229. The monoisotopic (exact) mass is 266 g/mol. The third kappa shape index (κ3) is 3.73. The standard InChI is InChI=1S/C13H18N2O4/c1-8-2-3-9(5-14-8)4-12(17)15-10-6-19-7-11(16)13(10)18/h2-3,5,10-11,13,16,18H,4,6-7H2,1H3,(H,15,17)/t10-,11-,13+/m1/s1. The second kappa shape index (κ2) is 6.10. The molecule has 0 aromatic carbocycles. The van der Waals surface area contributed by atoms with Crippen molar-refractivity contribution in [2.45, 2.75) is 31.6 Å². The van der Waals surface area contributed by atoms with Gasteiger partial charge in [-0.25, -0.2) is 0 Å². The highest BCUT2D eigenvalue weighted by molar-refractivity contribution is 5.78. The molecular weight excluding hydrogens is 248 g/mol. The lowest BCUT2D eigenvalue weighted by Crippen LogP contribution is -2.56. The number of carbonyl (C=O) groups is 1. The van der Waals surface area contributed by atoms with E-state index in [1.54, 1.807) is 6.20 Å². The second-order valence-electron chi connectivity index (χ2n) is 4.75. The molecule has 19 heavy (non-hydrogen) atoms. The quantitative estimate of drug-likeness (QED) is 0.664. The number of nitrogens with zero attached hydrogens (tertiary/aromatic N) is 1. The highest BCUT2D eigenvalue weighted by Crippen LogP contribution is 2.09. The molecule has 0 bridgehead atoms. The number of pyridine rings is 1. The van der Waals surface area contributed by atoms with Gasteiger partial charge in [-0.2, -0.15) is 0 Å². The van der Waals surface area contributed by atoms with Gasteiger partial charge in [-0.05, 0) is 18.6 Å². The van der Waals surface area contributed by atoms with Gasteiger partial charge < -0.3 is 20.3 Å². The summed E-state index contributed by atoms with van der Waals surface area (Å²) in [5.41, 5.74) is 1.69. The summed E-state index contributed by atoms with van der Waals surface area (Å²) in [4.78, 5) is 15.9. The Kier molecular flexibility index (Phi) is 4.47. The normalized spacial score (nSPS) is 27.0. The Labute approximate surface area is 111 Å². The number of aromatic nitrogens is 1. The van der Waals surface area contributed by atoms with E-state index in [1.165, 1.54) is 0 Å². The molecule has 1 amide bonds. The number of aliphatic hydroxyl groups is 2. The molecule has 1 fully saturated rings. The summed E-state index contributed by atoms with van der Waals surface area (Å²) in [7, 11) is 0. The van der Waals surface area contributed by atoms with E-state index >= 15 is 0 Å². The minimum Gasteiger partial charge on any atom is -0.388 e. The molecule has 0 spiro atoms. The number of ether oxygens (including phenoxy) is 1. The number of hydrogen-bond donors (Lipinski definition) is 3. The van der Waals surface area contributed by atoms with E-state index in [0.717, 1.165) is 11.3 Å². The molecule has 1 aliphatic heterocycles. The van der Waals surface area contributed by atoms with Crippen molar-refractivity contribution in [1.29, 1.82) is 0 Å². The van der Waals surface area contributed by atoms with Gasteiger partial charge in [0, 0.05) is 11.9 Å². The van der Waals surface area contributed by atoms with E-state index in [9.17, 15) is 15.0 Å². The maximum absolute atomic E-state index is 11.8. The van der Waals surface area contributed by atoms with Crippen LogP contribution < -0.4 is 5.32 Å². The Bertz CT molecular complexity index is 435. The third-order valence-corrected chi connectivity index (χ3v) is 3.08. The van der Waals surface area contributed by atoms with Crippen LogP contribution in [0.2, 0.25) is 0 Å². The Morgan fingerprint density at radius 2 is 2.26 bits per heavy atom. The van der Waals surface area contributed by atoms with E-state index in [4.69, 9.17) is 4.74 Å². The van der Waals surface area contributed by atoms with Gasteiger partial charge in [0.25, 0.3) is 0 Å². The first kappa shape index (κ1) is 13.9. The van der Waals surface area contributed by atoms with E-state index in [1.807, 2.05) is 19.1 Å². The van der Waals surface area contributed by atoms with Gasteiger partial charge in [0.15, 0.2) is 0 Å². The SMILES string of the molecule is Cc1ccc(CC(=O)N[C@@H]2COC[C@@H](O)[C@H]2O)cn1. The average molecular weight is 266 g/mol. The van der Waals surface area contributed by atoms with Crippen LogP contribution in [0.4, 0.5) is 0 Å². The molecule has 0 saturated carbocycles. The van der Waals surface area contributed by atoms with Crippen LogP contribution >= 0.6 is 0 Å². The number of aryl methyl sites for hydroxylation is 1. The van der Waals surface area contributed by atoms with Crippen molar-refractivity contribution in [3.63, 3.8) is 0 Å². The van der Waals surface area contributed by atoms with Gasteiger partial charge >= 0.3 is 0 Å². The molecule has 3 N–H and O–H groups in total. The number of rotatable bonds is 3. The minimum atomic E-state index is -0.992. The van der Waals surface area contributed by atoms with E-state index < -0.39 is 18.2 Å². The molecule has 2 rings (SSSR count). The molecule has 0 aliphatic carbocycles. The van der Waals surface area contributed by atoms with Crippen LogP contribution in [0.3, 0.4) is 0 Å². The molecule has 2 heterocycles. The molecule has 6 heteroatoms. The van der Waals surface area contributed by atoms with Crippen molar-refractivity contribution in [1.82, 2.24) is 10.3 Å². The molecule has 6 nitrogen and oxygen atoms in total. The van der Waals surface area contributed by atoms with Crippen LogP contribution in [0, 0.1) is 6.92 Å². The molecule has 0 unspecified atom stereocenters. The van der Waals surface area contributed by atoms with Crippen molar-refractivity contribution in [3.05, 3.63) is 29.6 Å². The zero-order valence-electron chi connectivity index (χ0n) is 10.7. The number of nitrogens with one attached hydrogen (secondary N) is 1. The first-order valence-electron chi connectivity index (χ1n) is 6.21. The van der Waals surface area contributed by atoms with Crippen LogP contribution in [0.25, 0.3) is 0 Å². The predicted octanol–water partition coefficient (Wildman–Crippen LogP) is -0.831. The van der Waals surface area contributed by atoms with Gasteiger partial charge in [-0.1, -0.05) is 6.07 Å². The van der Waals surface area contributed by atoms with Crippen LogP contribution in [0.1, 0.15) is 11.3 Å². The molecule has 104 valence electrons. The maximum atomic E-state index is 11.8. The molecule has 1 aliphatic rings. The van der Waals surface area contributed by atoms with Crippen LogP contribution in [-0.2, 0) is 16.0 Å². The van der Waals surface area contributed by atoms with Crippen LogP contribution in [0.15, 0.2) is 18.3 Å². The molecule has 1 aromatic heterocycles. The average Bonchev–Trinajstić information content (AvgIpc) is 2.38. The third-order valence-electron chi connectivity index (χ3n) is 3.08. The summed E-state index contributed by atoms with van der Waals surface area (Å²) in [5, 5.41) is 21.8. The minimum absolute atomic E-state index is 0.0927. The Balaban J connectivity index is 1.88. The van der Waals surface area contributed by atoms with Gasteiger partial charge in [0.1, 0.15) is 12.2 Å². The topological polar surface area (TPSA) is 91.7 Å². The van der Waals surface area contributed by atoms with Crippen LogP contribution in [-0.4, -0.2) is 52.6 Å². The van der Waals surface area contributed by atoms with Gasteiger partial charge in [0.2, 0.25) is 5.91 Å². The maximum Gasteiger partial charge on any atom is 0.224 e. The van der Waals surface area contributed by atoms with Crippen molar-refractivity contribution in [2.75, 3.05) is 13.2 Å². The van der Waals surface area contributed by atoms with Gasteiger partial charge in [0.05, 0.1) is 25.7 Å². The smallest absolute Gasteiger partial charge is 0.224 e. The number of carbonyl (C=O) groups excluding carboxylic acids is 1. The Hall–Kier alpha value is -1.50. The lowest BCUT2D eigenvalue weighted by molar-refractivity contribution is -0.131. The summed E-state index contributed by atoms with van der Waals surface area (Å²) in [6.45, 7) is 2.17. The number of amides is 1. The van der Waals surface area contributed by atoms with Gasteiger partial charge in [-0.3, -0.25) is 9.78 Å². The van der Waals surface area contributed by atoms with Crippen LogP contribution in [0.5, 0.6) is 0 Å². The fourth-order valence-corrected chi connectivity index (χ4v) is 1.95. The highest BCUT2D eigenvalue weighted by Gasteiger charge is 2.32. The Morgan fingerprint density at radius 3 is 2.95 bits per heavy atom. The van der Waals surface area contributed by atoms with E-state index in [-0.39, 0.29) is 25.5 Å². The largest absolute Gasteiger partial charge is 0.388 e. The van der Waals surface area contributed by atoms with E-state index in [0.29, 0.717) is 0 Å². The summed E-state index contributed by atoms with van der Waals surface area (Å²) >= 11 is 0. The summed E-state index contributed by atoms with van der Waals surface area (Å²) < 4.78 is 5.09. The molecule has 0 radical (unpaired) electrons. The first-order valence-corrected chi connectivity index (χ1v) is 6.21. The lowest BCUT2D eigenvalue weighted by Gasteiger charge is -2.32. The highest BCUT2D eigenvalue weighted by atomic mass is 16.5. The summed E-state index contributed by atoms with van der Waals surface area (Å²) in [6, 6.07) is 3.10. The predicted molar refractivity (Wildman–Crippen MR) is 67.4 cm³/mol. The molecule has 1 aromatic rings. The van der Waals surface area contributed by atoms with Crippen molar-refractivity contribution >= 4 is 5.91 Å². The molecule has 3 atom stereocenters. The molecule has 1 saturated heterocycles. The van der Waals surface area contributed by atoms with Crippen molar-refractivity contribution < 1.29 is 19.7 Å². The fourth-order valence-electron chi connectivity index (χ4n) is 1.95. The van der Waals surface area contributed by atoms with E-state index in [2.05, 4.69) is 10.3 Å². The molecular formula is C13H18N2O4. The van der Waals surface area contributed by atoms with Gasteiger partial charge in [-0.15, -0.1) is 0 Å². The first-order chi connectivity index (χ1) is 9.06. The zero-order valence-corrected chi connectivity index (χ0v) is 10.7.